The van der Waals surface area contributed by atoms with Crippen LogP contribution in [0.4, 0.5) is 5.69 Å². The summed E-state index contributed by atoms with van der Waals surface area (Å²) in [5, 5.41) is 4.32. The van der Waals surface area contributed by atoms with E-state index in [1.54, 1.807) is 24.3 Å². The summed E-state index contributed by atoms with van der Waals surface area (Å²) in [7, 11) is -3.69. The fourth-order valence-electron chi connectivity index (χ4n) is 3.07. The van der Waals surface area contributed by atoms with E-state index in [-0.39, 0.29) is 17.3 Å². The highest BCUT2D eigenvalue weighted by Gasteiger charge is 2.36. The van der Waals surface area contributed by atoms with E-state index >= 15 is 0 Å². The van der Waals surface area contributed by atoms with E-state index in [1.165, 1.54) is 4.31 Å². The molecule has 0 unspecified atom stereocenters. The van der Waals surface area contributed by atoms with Gasteiger partial charge in [0.1, 0.15) is 6.54 Å². The molecule has 0 spiro atoms. The molecule has 1 aliphatic rings. The summed E-state index contributed by atoms with van der Waals surface area (Å²) in [4.78, 5) is 12.5. The van der Waals surface area contributed by atoms with Gasteiger partial charge in [0.05, 0.1) is 10.6 Å². The number of rotatable bonds is 9. The first-order chi connectivity index (χ1) is 12.6. The lowest BCUT2D eigenvalue weighted by Gasteiger charge is -2.18. The maximum absolute atomic E-state index is 12.8. The summed E-state index contributed by atoms with van der Waals surface area (Å²) >= 11 is 0. The largest absolute Gasteiger partial charge is 0.381 e. The van der Waals surface area contributed by atoms with Crippen molar-refractivity contribution in [3.05, 3.63) is 36.4 Å². The lowest BCUT2D eigenvalue weighted by atomic mass is 10.1. The molecule has 0 aromatic heterocycles. The highest BCUT2D eigenvalue weighted by Crippen LogP contribution is 2.41. The molecular weight excluding hydrogens is 352 g/mol. The zero-order chi connectivity index (χ0) is 18.6. The van der Waals surface area contributed by atoms with Crippen LogP contribution in [0.3, 0.4) is 0 Å². The van der Waals surface area contributed by atoms with Crippen molar-refractivity contribution < 1.29 is 17.9 Å². The Morgan fingerprint density at radius 1 is 1.12 bits per heavy atom. The molecule has 0 saturated carbocycles. The molecule has 0 radical (unpaired) electrons. The molecule has 140 valence electrons. The lowest BCUT2D eigenvalue weighted by molar-refractivity contribution is -0.119. The first-order valence-corrected chi connectivity index (χ1v) is 10.4. The quantitative estimate of drug-likeness (QED) is 0.683. The molecule has 3 rings (SSSR count). The van der Waals surface area contributed by atoms with Crippen LogP contribution in [0.2, 0.25) is 0 Å². The smallest absolute Gasteiger partial charge is 0.265 e. The van der Waals surface area contributed by atoms with E-state index < -0.39 is 10.0 Å². The number of unbranched alkanes of at least 4 members (excludes halogenated alkanes) is 1. The van der Waals surface area contributed by atoms with Gasteiger partial charge in [-0.2, -0.15) is 0 Å². The maximum Gasteiger partial charge on any atom is 0.265 e. The summed E-state index contributed by atoms with van der Waals surface area (Å²) in [6.07, 6.45) is 2.83. The number of sulfonamides is 1. The Kier molecular flexibility index (Phi) is 5.78. The number of ether oxygens (including phenoxy) is 1. The molecule has 2 aromatic carbocycles. The highest BCUT2D eigenvalue weighted by molar-refractivity contribution is 7.93. The predicted octanol–water partition coefficient (Wildman–Crippen LogP) is 2.67. The van der Waals surface area contributed by atoms with Gasteiger partial charge >= 0.3 is 0 Å². The number of carbonyl (C=O) groups excluding carboxylic acids is 1. The van der Waals surface area contributed by atoms with Gasteiger partial charge in [-0.1, -0.05) is 37.6 Å². The molecule has 26 heavy (non-hydrogen) atoms. The third-order valence-corrected chi connectivity index (χ3v) is 6.20. The molecule has 1 amide bonds. The number of benzene rings is 2. The molecule has 1 N–H and O–H groups in total. The van der Waals surface area contributed by atoms with E-state index in [0.717, 1.165) is 24.8 Å². The van der Waals surface area contributed by atoms with E-state index in [1.807, 2.05) is 12.1 Å². The normalized spacial score (nSPS) is 14.7. The zero-order valence-corrected chi connectivity index (χ0v) is 15.7. The van der Waals surface area contributed by atoms with Crippen LogP contribution in [0, 0.1) is 0 Å². The maximum atomic E-state index is 12.8. The molecule has 0 saturated heterocycles. The van der Waals surface area contributed by atoms with Crippen molar-refractivity contribution in [3.8, 4) is 0 Å². The van der Waals surface area contributed by atoms with E-state index in [4.69, 9.17) is 4.74 Å². The van der Waals surface area contributed by atoms with Gasteiger partial charge < -0.3 is 10.1 Å². The summed E-state index contributed by atoms with van der Waals surface area (Å²) in [5.74, 6) is -0.313. The number of amides is 1. The van der Waals surface area contributed by atoms with Crippen LogP contribution < -0.4 is 9.62 Å². The number of anilines is 1. The van der Waals surface area contributed by atoms with Crippen molar-refractivity contribution in [2.24, 2.45) is 0 Å². The van der Waals surface area contributed by atoms with Crippen molar-refractivity contribution in [1.29, 1.82) is 0 Å². The van der Waals surface area contributed by atoms with Crippen LogP contribution in [0.1, 0.15) is 26.2 Å². The van der Waals surface area contributed by atoms with E-state index in [9.17, 15) is 13.2 Å². The van der Waals surface area contributed by atoms with Gasteiger partial charge in [0.2, 0.25) is 5.91 Å². The van der Waals surface area contributed by atoms with Gasteiger partial charge in [0, 0.05) is 25.1 Å². The second-order valence-corrected chi connectivity index (χ2v) is 8.14. The monoisotopic (exact) mass is 376 g/mol. The highest BCUT2D eigenvalue weighted by atomic mass is 32.2. The Morgan fingerprint density at radius 2 is 1.85 bits per heavy atom. The predicted molar refractivity (Wildman–Crippen MR) is 102 cm³/mol. The summed E-state index contributed by atoms with van der Waals surface area (Å²) < 4.78 is 32.2. The van der Waals surface area contributed by atoms with Gasteiger partial charge in [0.15, 0.2) is 0 Å². The Balaban J connectivity index is 1.61. The summed E-state index contributed by atoms with van der Waals surface area (Å²) in [5.41, 5.74) is 0.566. The number of hydrogen-bond donors (Lipinski definition) is 1. The number of nitrogens with zero attached hydrogens (tertiary/aromatic N) is 1. The van der Waals surface area contributed by atoms with Crippen molar-refractivity contribution in [2.75, 3.05) is 30.6 Å². The molecule has 6 nitrogen and oxygen atoms in total. The zero-order valence-electron chi connectivity index (χ0n) is 14.9. The third kappa shape index (κ3) is 3.68. The van der Waals surface area contributed by atoms with E-state index in [0.29, 0.717) is 30.6 Å². The average molecular weight is 376 g/mol. The van der Waals surface area contributed by atoms with Crippen LogP contribution >= 0.6 is 0 Å². The van der Waals surface area contributed by atoms with Crippen molar-refractivity contribution in [3.63, 3.8) is 0 Å². The van der Waals surface area contributed by atoms with Gasteiger partial charge in [-0.15, -0.1) is 0 Å². The molecule has 2 aromatic rings. The van der Waals surface area contributed by atoms with Crippen LogP contribution in [0.5, 0.6) is 0 Å². The lowest BCUT2D eigenvalue weighted by Crippen LogP contribution is -2.39. The molecule has 0 bridgehead atoms. The molecule has 0 fully saturated rings. The van der Waals surface area contributed by atoms with Crippen molar-refractivity contribution >= 4 is 32.4 Å². The van der Waals surface area contributed by atoms with Crippen LogP contribution in [-0.2, 0) is 19.6 Å². The molecule has 0 atom stereocenters. The Morgan fingerprint density at radius 3 is 2.62 bits per heavy atom. The SMILES string of the molecule is CCCCOCCCNC(=O)CN1c2cccc3cccc(c23)S1(=O)=O. The molecule has 1 aliphatic heterocycles. The van der Waals surface area contributed by atoms with Crippen LogP contribution in [-0.4, -0.2) is 40.6 Å². The molecule has 7 heteroatoms. The Hall–Kier alpha value is -2.12. The number of hydrogen-bond acceptors (Lipinski definition) is 4. The second kappa shape index (κ2) is 8.05. The minimum Gasteiger partial charge on any atom is -0.381 e. The van der Waals surface area contributed by atoms with Crippen molar-refractivity contribution in [2.45, 2.75) is 31.1 Å². The van der Waals surface area contributed by atoms with Crippen LogP contribution in [0.25, 0.3) is 10.8 Å². The number of nitrogens with one attached hydrogen (secondary N) is 1. The first kappa shape index (κ1) is 18.7. The van der Waals surface area contributed by atoms with Crippen molar-refractivity contribution in [1.82, 2.24) is 5.32 Å². The fourth-order valence-corrected chi connectivity index (χ4v) is 4.73. The average Bonchev–Trinajstić information content (AvgIpc) is 2.84. The molecule has 1 heterocycles. The van der Waals surface area contributed by atoms with E-state index in [2.05, 4.69) is 12.2 Å². The minimum atomic E-state index is -3.69. The second-order valence-electron chi connectivity index (χ2n) is 6.31. The standard InChI is InChI=1S/C19H24N2O4S/c1-2-3-12-25-13-6-11-20-18(22)14-21-16-9-4-7-15-8-5-10-17(19(15)16)26(21,23)24/h4-5,7-10H,2-3,6,11-14H2,1H3,(H,20,22). The number of carbonyl (C=O) groups is 1. The van der Waals surface area contributed by atoms with Gasteiger partial charge in [-0.25, -0.2) is 8.42 Å². The fraction of sp³-hybridized carbons (Fsp3) is 0.421. The first-order valence-electron chi connectivity index (χ1n) is 8.94. The van der Waals surface area contributed by atoms with Gasteiger partial charge in [0.25, 0.3) is 10.0 Å². The Labute approximate surface area is 154 Å². The molecular formula is C19H24N2O4S. The third-order valence-electron chi connectivity index (χ3n) is 4.40. The topological polar surface area (TPSA) is 75.7 Å². The van der Waals surface area contributed by atoms with Crippen LogP contribution in [0.15, 0.2) is 41.3 Å². The molecule has 0 aliphatic carbocycles. The summed E-state index contributed by atoms with van der Waals surface area (Å²) in [6.45, 7) is 3.68. The van der Waals surface area contributed by atoms with Gasteiger partial charge in [-0.3, -0.25) is 9.10 Å². The Bertz CT molecular complexity index is 890. The minimum absolute atomic E-state index is 0.215. The summed E-state index contributed by atoms with van der Waals surface area (Å²) in [6, 6.07) is 10.6. The van der Waals surface area contributed by atoms with Gasteiger partial charge in [-0.05, 0) is 30.4 Å².